The predicted molar refractivity (Wildman–Crippen MR) is 94.4 cm³/mol. The molecule has 0 aliphatic carbocycles. The van der Waals surface area contributed by atoms with Crippen molar-refractivity contribution in [1.82, 2.24) is 4.90 Å². The molecule has 5 heteroatoms. The fraction of sp³-hybridized carbons (Fsp3) is 0.350. The van der Waals surface area contributed by atoms with Gasteiger partial charge in [-0.25, -0.2) is 4.79 Å². The summed E-state index contributed by atoms with van der Waals surface area (Å²) in [6.45, 7) is 2.78. The van der Waals surface area contributed by atoms with Gasteiger partial charge in [0.15, 0.2) is 0 Å². The minimum atomic E-state index is -0.915. The van der Waals surface area contributed by atoms with Crippen LogP contribution in [-0.2, 0) is 11.3 Å². The molecule has 0 saturated carbocycles. The molecule has 1 aliphatic heterocycles. The van der Waals surface area contributed by atoms with E-state index < -0.39 is 12.1 Å². The average molecular weight is 341 g/mol. The molecule has 2 unspecified atom stereocenters. The van der Waals surface area contributed by atoms with E-state index >= 15 is 0 Å². The summed E-state index contributed by atoms with van der Waals surface area (Å²) in [7, 11) is 0. The van der Waals surface area contributed by atoms with E-state index in [2.05, 4.69) is 4.90 Å². The summed E-state index contributed by atoms with van der Waals surface area (Å²) in [4.78, 5) is 13.3. The highest BCUT2D eigenvalue weighted by Crippen LogP contribution is 2.23. The number of carboxylic acid groups (broad SMARTS) is 1. The van der Waals surface area contributed by atoms with E-state index in [1.807, 2.05) is 42.5 Å². The van der Waals surface area contributed by atoms with Crippen LogP contribution in [0.25, 0.3) is 0 Å². The van der Waals surface area contributed by atoms with E-state index in [9.17, 15) is 9.90 Å². The summed E-state index contributed by atoms with van der Waals surface area (Å²) >= 11 is 0. The summed E-state index contributed by atoms with van der Waals surface area (Å²) in [6.07, 6.45) is 0.0850. The second-order valence-electron chi connectivity index (χ2n) is 6.36. The van der Waals surface area contributed by atoms with Gasteiger partial charge in [-0.2, -0.15) is 0 Å². The van der Waals surface area contributed by atoms with Gasteiger partial charge in [-0.1, -0.05) is 42.5 Å². The zero-order valence-corrected chi connectivity index (χ0v) is 14.0. The van der Waals surface area contributed by atoms with E-state index in [1.54, 1.807) is 12.1 Å². The molecule has 1 aliphatic rings. The SMILES string of the molecule is O=C(O)c1ccc(CN2CCOCC2CC(O)c2ccccc2)cc1. The second-order valence-corrected chi connectivity index (χ2v) is 6.36. The highest BCUT2D eigenvalue weighted by atomic mass is 16.5. The molecule has 3 rings (SSSR count). The molecular formula is C20H23NO4. The van der Waals surface area contributed by atoms with Crippen molar-refractivity contribution >= 4 is 5.97 Å². The van der Waals surface area contributed by atoms with Crippen LogP contribution < -0.4 is 0 Å². The maximum Gasteiger partial charge on any atom is 0.335 e. The molecule has 1 fully saturated rings. The van der Waals surface area contributed by atoms with Crippen LogP contribution >= 0.6 is 0 Å². The molecule has 2 atom stereocenters. The normalized spacial score (nSPS) is 19.5. The summed E-state index contributed by atoms with van der Waals surface area (Å²) in [5.41, 5.74) is 2.27. The summed E-state index contributed by atoms with van der Waals surface area (Å²) in [6, 6.07) is 16.8. The van der Waals surface area contributed by atoms with E-state index in [-0.39, 0.29) is 6.04 Å². The number of rotatable bonds is 6. The van der Waals surface area contributed by atoms with Gasteiger partial charge in [-0.3, -0.25) is 4.90 Å². The van der Waals surface area contributed by atoms with Crippen molar-refractivity contribution < 1.29 is 19.7 Å². The molecule has 1 saturated heterocycles. The first-order valence-electron chi connectivity index (χ1n) is 8.50. The lowest BCUT2D eigenvalue weighted by atomic mass is 10.00. The Labute approximate surface area is 147 Å². The Bertz CT molecular complexity index is 687. The van der Waals surface area contributed by atoms with E-state index in [4.69, 9.17) is 9.84 Å². The van der Waals surface area contributed by atoms with Gasteiger partial charge < -0.3 is 14.9 Å². The first kappa shape index (κ1) is 17.6. The number of nitrogens with zero attached hydrogens (tertiary/aromatic N) is 1. The molecule has 0 bridgehead atoms. The quantitative estimate of drug-likeness (QED) is 0.845. The molecule has 2 aromatic carbocycles. The van der Waals surface area contributed by atoms with Gasteiger partial charge in [0.05, 0.1) is 24.9 Å². The van der Waals surface area contributed by atoms with Crippen molar-refractivity contribution in [1.29, 1.82) is 0 Å². The molecular weight excluding hydrogens is 318 g/mol. The molecule has 25 heavy (non-hydrogen) atoms. The number of carboxylic acids is 1. The number of aliphatic hydroxyl groups is 1. The largest absolute Gasteiger partial charge is 0.478 e. The van der Waals surface area contributed by atoms with Crippen LogP contribution in [0.4, 0.5) is 0 Å². The van der Waals surface area contributed by atoms with Gasteiger partial charge in [0.2, 0.25) is 0 Å². The summed E-state index contributed by atoms with van der Waals surface area (Å²) < 4.78 is 5.61. The van der Waals surface area contributed by atoms with Gasteiger partial charge in [-0.15, -0.1) is 0 Å². The lowest BCUT2D eigenvalue weighted by Gasteiger charge is -2.36. The number of benzene rings is 2. The Morgan fingerprint density at radius 2 is 1.88 bits per heavy atom. The van der Waals surface area contributed by atoms with E-state index in [0.717, 1.165) is 24.2 Å². The molecule has 1 heterocycles. The third-order valence-electron chi connectivity index (χ3n) is 4.62. The molecule has 5 nitrogen and oxygen atoms in total. The van der Waals surface area contributed by atoms with Crippen LogP contribution in [-0.4, -0.2) is 46.9 Å². The van der Waals surface area contributed by atoms with Crippen molar-refractivity contribution in [2.24, 2.45) is 0 Å². The van der Waals surface area contributed by atoms with Crippen molar-refractivity contribution in [3.05, 3.63) is 71.3 Å². The minimum absolute atomic E-state index is 0.128. The third-order valence-corrected chi connectivity index (χ3v) is 4.62. The molecule has 132 valence electrons. The lowest BCUT2D eigenvalue weighted by Crippen LogP contribution is -2.45. The lowest BCUT2D eigenvalue weighted by molar-refractivity contribution is -0.0300. The second kappa shape index (κ2) is 8.25. The van der Waals surface area contributed by atoms with Crippen LogP contribution in [0.15, 0.2) is 54.6 Å². The van der Waals surface area contributed by atoms with Gasteiger partial charge >= 0.3 is 5.97 Å². The zero-order valence-electron chi connectivity index (χ0n) is 14.0. The number of morpholine rings is 1. The summed E-state index contributed by atoms with van der Waals surface area (Å²) in [5, 5.41) is 19.5. The van der Waals surface area contributed by atoms with Crippen molar-refractivity contribution in [3.63, 3.8) is 0 Å². The number of aliphatic hydroxyl groups excluding tert-OH is 1. The zero-order chi connectivity index (χ0) is 17.6. The fourth-order valence-corrected chi connectivity index (χ4v) is 3.17. The third kappa shape index (κ3) is 4.66. The van der Waals surface area contributed by atoms with Gasteiger partial charge in [0.1, 0.15) is 0 Å². The Morgan fingerprint density at radius 3 is 2.56 bits per heavy atom. The fourth-order valence-electron chi connectivity index (χ4n) is 3.17. The Balaban J connectivity index is 1.65. The monoisotopic (exact) mass is 341 g/mol. The van der Waals surface area contributed by atoms with Crippen molar-refractivity contribution in [2.75, 3.05) is 19.8 Å². The van der Waals surface area contributed by atoms with Crippen LogP contribution in [0.2, 0.25) is 0 Å². The number of hydrogen-bond acceptors (Lipinski definition) is 4. The summed E-state index contributed by atoms with van der Waals surface area (Å²) in [5.74, 6) is -0.915. The van der Waals surface area contributed by atoms with E-state index in [0.29, 0.717) is 25.2 Å². The van der Waals surface area contributed by atoms with Gasteiger partial charge in [-0.05, 0) is 29.7 Å². The first-order valence-corrected chi connectivity index (χ1v) is 8.50. The van der Waals surface area contributed by atoms with Crippen LogP contribution in [0.1, 0.15) is 34.0 Å². The van der Waals surface area contributed by atoms with Crippen molar-refractivity contribution in [2.45, 2.75) is 25.1 Å². The van der Waals surface area contributed by atoms with Crippen LogP contribution in [0.5, 0.6) is 0 Å². The Morgan fingerprint density at radius 1 is 1.16 bits per heavy atom. The highest BCUT2D eigenvalue weighted by molar-refractivity contribution is 5.87. The topological polar surface area (TPSA) is 70.0 Å². The molecule has 0 radical (unpaired) electrons. The predicted octanol–water partition coefficient (Wildman–Crippen LogP) is 2.71. The molecule has 2 N–H and O–H groups in total. The van der Waals surface area contributed by atoms with Crippen LogP contribution in [0, 0.1) is 0 Å². The highest BCUT2D eigenvalue weighted by Gasteiger charge is 2.26. The first-order chi connectivity index (χ1) is 12.1. The molecule has 0 amide bonds. The van der Waals surface area contributed by atoms with Gasteiger partial charge in [0.25, 0.3) is 0 Å². The molecule has 0 aromatic heterocycles. The smallest absolute Gasteiger partial charge is 0.335 e. The maximum atomic E-state index is 11.0. The molecule has 2 aromatic rings. The Hall–Kier alpha value is -2.21. The average Bonchev–Trinajstić information content (AvgIpc) is 2.64. The van der Waals surface area contributed by atoms with Crippen LogP contribution in [0.3, 0.4) is 0 Å². The maximum absolute atomic E-state index is 11.0. The standard InChI is InChI=1S/C20H23NO4/c22-19(16-4-2-1-3-5-16)12-18-14-25-11-10-21(18)13-15-6-8-17(9-7-15)20(23)24/h1-9,18-19,22H,10-14H2,(H,23,24). The van der Waals surface area contributed by atoms with Crippen molar-refractivity contribution in [3.8, 4) is 0 Å². The number of carbonyl (C=O) groups is 1. The molecule has 0 spiro atoms. The number of hydrogen-bond donors (Lipinski definition) is 2. The van der Waals surface area contributed by atoms with Gasteiger partial charge in [0, 0.05) is 19.1 Å². The number of aromatic carboxylic acids is 1. The number of ether oxygens (including phenoxy) is 1. The van der Waals surface area contributed by atoms with E-state index in [1.165, 1.54) is 0 Å². The Kier molecular flexibility index (Phi) is 5.81. The minimum Gasteiger partial charge on any atom is -0.478 e.